The Balaban J connectivity index is 0.000000581. The molecule has 0 fully saturated rings. The number of fused-ring (bicyclic) bond motifs is 1. The molecule has 2 aromatic rings. The summed E-state index contributed by atoms with van der Waals surface area (Å²) in [7, 11) is 0. The van der Waals surface area contributed by atoms with E-state index in [0.717, 1.165) is 5.56 Å². The van der Waals surface area contributed by atoms with E-state index < -0.39 is 0 Å². The van der Waals surface area contributed by atoms with Crippen LogP contribution < -0.4 is 5.48 Å². The summed E-state index contributed by atoms with van der Waals surface area (Å²) < 4.78 is 0. The van der Waals surface area contributed by atoms with Crippen molar-refractivity contribution >= 4 is 24.3 Å². The van der Waals surface area contributed by atoms with Gasteiger partial charge in [-0.1, -0.05) is 42.5 Å². The van der Waals surface area contributed by atoms with E-state index in [4.69, 9.17) is 15.4 Å². The van der Waals surface area contributed by atoms with Crippen molar-refractivity contribution in [2.75, 3.05) is 0 Å². The molecule has 0 aliphatic rings. The maximum atomic E-state index is 8.63. The van der Waals surface area contributed by atoms with Crippen LogP contribution in [0.4, 0.5) is 0 Å². The summed E-state index contributed by atoms with van der Waals surface area (Å²) in [5, 5.41) is 16.5. The number of carbonyl (C=O) groups is 1. The zero-order chi connectivity index (χ0) is 13.1. The largest absolute Gasteiger partial charge is 0.317 e. The van der Waals surface area contributed by atoms with Gasteiger partial charge in [-0.05, 0) is 23.1 Å². The SMILES string of the molecule is C=N.C=O.ONCc1cccc2ccccc12. The van der Waals surface area contributed by atoms with Crippen LogP contribution in [-0.4, -0.2) is 18.7 Å². The molecule has 0 saturated heterocycles. The van der Waals surface area contributed by atoms with Gasteiger partial charge in [0.25, 0.3) is 0 Å². The van der Waals surface area contributed by atoms with Gasteiger partial charge >= 0.3 is 0 Å². The zero-order valence-corrected chi connectivity index (χ0v) is 9.52. The highest BCUT2D eigenvalue weighted by Crippen LogP contribution is 2.17. The third kappa shape index (κ3) is 4.14. The second kappa shape index (κ2) is 9.21. The Morgan fingerprint density at radius 2 is 1.65 bits per heavy atom. The highest BCUT2D eigenvalue weighted by Gasteiger charge is 1.97. The van der Waals surface area contributed by atoms with Gasteiger partial charge in [0.2, 0.25) is 0 Å². The number of nitrogens with one attached hydrogen (secondary N) is 2. The minimum Gasteiger partial charge on any atom is -0.317 e. The van der Waals surface area contributed by atoms with Crippen LogP contribution in [0.1, 0.15) is 5.56 Å². The van der Waals surface area contributed by atoms with Crippen LogP contribution in [0.25, 0.3) is 10.8 Å². The van der Waals surface area contributed by atoms with Crippen molar-refractivity contribution in [3.63, 3.8) is 0 Å². The molecule has 0 atom stereocenters. The van der Waals surface area contributed by atoms with E-state index in [1.54, 1.807) is 0 Å². The van der Waals surface area contributed by atoms with Crippen molar-refractivity contribution in [3.05, 3.63) is 48.0 Å². The van der Waals surface area contributed by atoms with Crippen LogP contribution in [0, 0.1) is 5.41 Å². The summed E-state index contributed by atoms with van der Waals surface area (Å²) in [6.45, 7) is 4.99. The van der Waals surface area contributed by atoms with Crippen molar-refractivity contribution in [2.45, 2.75) is 6.54 Å². The predicted molar refractivity (Wildman–Crippen MR) is 69.5 cm³/mol. The zero-order valence-electron chi connectivity index (χ0n) is 9.52. The molecule has 0 unspecified atom stereocenters. The van der Waals surface area contributed by atoms with Crippen LogP contribution in [0.5, 0.6) is 0 Å². The average molecular weight is 232 g/mol. The van der Waals surface area contributed by atoms with E-state index in [1.807, 2.05) is 31.1 Å². The first-order valence-corrected chi connectivity index (χ1v) is 4.89. The summed E-state index contributed by atoms with van der Waals surface area (Å²) in [6, 6.07) is 14.2. The van der Waals surface area contributed by atoms with Gasteiger partial charge in [0.15, 0.2) is 0 Å². The normalized spacial score (nSPS) is 8.53. The number of rotatable bonds is 2. The fourth-order valence-electron chi connectivity index (χ4n) is 1.53. The smallest absolute Gasteiger partial charge is 0.106 e. The fourth-order valence-corrected chi connectivity index (χ4v) is 1.53. The molecule has 0 aromatic heterocycles. The molecule has 2 rings (SSSR count). The molecule has 0 radical (unpaired) electrons. The number of carbonyl (C=O) groups excluding carboxylic acids is 1. The van der Waals surface area contributed by atoms with Gasteiger partial charge in [-0.15, -0.1) is 0 Å². The van der Waals surface area contributed by atoms with E-state index in [0.29, 0.717) is 6.54 Å². The van der Waals surface area contributed by atoms with Gasteiger partial charge in [-0.3, -0.25) is 0 Å². The lowest BCUT2D eigenvalue weighted by atomic mass is 10.1. The lowest BCUT2D eigenvalue weighted by molar-refractivity contribution is -0.0979. The first-order chi connectivity index (χ1) is 8.42. The maximum absolute atomic E-state index is 8.63. The van der Waals surface area contributed by atoms with Crippen LogP contribution in [0.15, 0.2) is 42.5 Å². The van der Waals surface area contributed by atoms with Crippen LogP contribution in [0.2, 0.25) is 0 Å². The van der Waals surface area contributed by atoms with E-state index in [-0.39, 0.29) is 0 Å². The van der Waals surface area contributed by atoms with Crippen molar-refractivity contribution in [1.82, 2.24) is 5.48 Å². The number of hydroxylamine groups is 1. The Hall–Kier alpha value is -2.04. The summed E-state index contributed by atoms with van der Waals surface area (Å²) in [5.41, 5.74) is 3.29. The molecule has 0 saturated carbocycles. The first kappa shape index (κ1) is 15.0. The van der Waals surface area contributed by atoms with E-state index in [1.165, 1.54) is 10.8 Å². The van der Waals surface area contributed by atoms with Crippen molar-refractivity contribution in [3.8, 4) is 0 Å². The van der Waals surface area contributed by atoms with Gasteiger partial charge in [0.1, 0.15) is 6.79 Å². The molecule has 2 aromatic carbocycles. The summed E-state index contributed by atoms with van der Waals surface area (Å²) in [6.07, 6.45) is 0. The quantitative estimate of drug-likeness (QED) is 0.550. The second-order valence-corrected chi connectivity index (χ2v) is 2.97. The molecule has 0 aliphatic heterocycles. The van der Waals surface area contributed by atoms with Crippen LogP contribution >= 0.6 is 0 Å². The molecule has 3 N–H and O–H groups in total. The minimum absolute atomic E-state index is 0.487. The lowest BCUT2D eigenvalue weighted by Crippen LogP contribution is -2.06. The predicted octanol–water partition coefficient (Wildman–Crippen LogP) is 2.40. The molecule has 0 bridgehead atoms. The van der Waals surface area contributed by atoms with E-state index >= 15 is 0 Å². The third-order valence-electron chi connectivity index (χ3n) is 2.15. The Labute approximate surface area is 100 Å². The highest BCUT2D eigenvalue weighted by molar-refractivity contribution is 5.85. The standard InChI is InChI=1S/C11H11NO.CH3N.CH2O/c13-12-8-10-6-3-5-9-4-1-2-7-11(9)10;2*1-2/h1-7,12-13H,8H2;2H,1H2;1H2. The highest BCUT2D eigenvalue weighted by atomic mass is 16.5. The molecule has 0 amide bonds. The van der Waals surface area contributed by atoms with Crippen LogP contribution in [0.3, 0.4) is 0 Å². The van der Waals surface area contributed by atoms with Gasteiger partial charge < -0.3 is 15.4 Å². The number of hydrogen-bond donors (Lipinski definition) is 3. The molecule has 4 nitrogen and oxygen atoms in total. The summed E-state index contributed by atoms with van der Waals surface area (Å²) in [5.74, 6) is 0. The van der Waals surface area contributed by atoms with E-state index in [2.05, 4.69) is 30.4 Å². The second-order valence-electron chi connectivity index (χ2n) is 2.97. The van der Waals surface area contributed by atoms with Gasteiger partial charge in [-0.2, -0.15) is 0 Å². The summed E-state index contributed by atoms with van der Waals surface area (Å²) >= 11 is 0. The third-order valence-corrected chi connectivity index (χ3v) is 2.15. The molecule has 0 spiro atoms. The van der Waals surface area contributed by atoms with Gasteiger partial charge in [0, 0.05) is 6.54 Å². The van der Waals surface area contributed by atoms with Gasteiger partial charge in [-0.25, -0.2) is 5.48 Å². The fraction of sp³-hybridized carbons (Fsp3) is 0.0769. The Morgan fingerprint density at radius 1 is 1.06 bits per heavy atom. The van der Waals surface area contributed by atoms with Crippen molar-refractivity contribution in [2.24, 2.45) is 0 Å². The van der Waals surface area contributed by atoms with E-state index in [9.17, 15) is 0 Å². The molecular weight excluding hydrogens is 216 g/mol. The molecule has 0 aliphatic carbocycles. The molecular formula is C13H16N2O2. The van der Waals surface area contributed by atoms with Crippen molar-refractivity contribution < 1.29 is 10.0 Å². The topological polar surface area (TPSA) is 73.2 Å². The monoisotopic (exact) mass is 232 g/mol. The van der Waals surface area contributed by atoms with Crippen molar-refractivity contribution in [1.29, 1.82) is 5.41 Å². The lowest BCUT2D eigenvalue weighted by Gasteiger charge is -2.04. The molecule has 90 valence electrons. The Morgan fingerprint density at radius 3 is 2.29 bits per heavy atom. The average Bonchev–Trinajstić information content (AvgIpc) is 2.44. The molecule has 17 heavy (non-hydrogen) atoms. The molecule has 4 heteroatoms. The Bertz CT molecular complexity index is 439. The Kier molecular flexibility index (Phi) is 8.10. The van der Waals surface area contributed by atoms with Gasteiger partial charge in [0.05, 0.1) is 0 Å². The number of hydrogen-bond acceptors (Lipinski definition) is 4. The minimum atomic E-state index is 0.487. The maximum Gasteiger partial charge on any atom is 0.106 e. The summed E-state index contributed by atoms with van der Waals surface area (Å²) in [4.78, 5) is 8.00. The number of benzene rings is 2. The molecule has 0 heterocycles. The first-order valence-electron chi connectivity index (χ1n) is 4.89. The van der Waals surface area contributed by atoms with Crippen LogP contribution in [-0.2, 0) is 11.3 Å².